The van der Waals surface area contributed by atoms with Crippen molar-refractivity contribution in [2.75, 3.05) is 0 Å². The maximum atomic E-state index is 13.3. The smallest absolute Gasteiger partial charge is 0.162 e. The van der Waals surface area contributed by atoms with Gasteiger partial charge in [0.1, 0.15) is 0 Å². The number of benzene rings is 2. The summed E-state index contributed by atoms with van der Waals surface area (Å²) in [4.78, 5) is 0. The van der Waals surface area contributed by atoms with Crippen LogP contribution in [0.3, 0.4) is 0 Å². The van der Waals surface area contributed by atoms with E-state index in [0.717, 1.165) is 41.9 Å². The molecule has 3 aliphatic rings. The molecule has 4 unspecified atom stereocenters. The number of aryl methyl sites for hydroxylation is 3. The summed E-state index contributed by atoms with van der Waals surface area (Å²) in [7, 11) is 0. The van der Waals surface area contributed by atoms with Crippen molar-refractivity contribution < 1.29 is 8.78 Å². The zero-order valence-electron chi connectivity index (χ0n) is 26.4. The SMILES string of the molecule is C/C=C/CCc1ccc(C)c(F)c1F.CCCc1ccc(C2CCC3CC(C4CCC(CC)CC4)CCC3C2)cc1. The minimum absolute atomic E-state index is 0.359. The van der Waals surface area contributed by atoms with Gasteiger partial charge in [0, 0.05) is 0 Å². The van der Waals surface area contributed by atoms with Crippen LogP contribution in [-0.4, -0.2) is 0 Å². The van der Waals surface area contributed by atoms with Crippen molar-refractivity contribution in [2.24, 2.45) is 29.6 Å². The highest BCUT2D eigenvalue weighted by Crippen LogP contribution is 2.51. The summed E-state index contributed by atoms with van der Waals surface area (Å²) in [6, 6.07) is 13.0. The molecule has 3 aliphatic carbocycles. The lowest BCUT2D eigenvalue weighted by Crippen LogP contribution is -2.34. The maximum Gasteiger partial charge on any atom is 0.162 e. The third kappa shape index (κ3) is 8.77. The topological polar surface area (TPSA) is 0 Å². The highest BCUT2D eigenvalue weighted by molar-refractivity contribution is 5.27. The largest absolute Gasteiger partial charge is 0.203 e. The average Bonchev–Trinajstić information content (AvgIpc) is 3.01. The van der Waals surface area contributed by atoms with E-state index in [1.165, 1.54) is 63.4 Å². The first-order chi connectivity index (χ1) is 19.9. The normalized spacial score (nSPS) is 28.1. The summed E-state index contributed by atoms with van der Waals surface area (Å²) < 4.78 is 26.4. The number of rotatable bonds is 8. The second-order valence-corrected chi connectivity index (χ2v) is 13.6. The first-order valence-corrected chi connectivity index (χ1v) is 17.1. The molecule has 0 spiro atoms. The standard InChI is InChI=1S/C27H42.C12H14F2/c1-3-5-21-8-12-23(13-9-21)25-15-17-26-18-24(14-16-27(26)19-25)22-10-6-20(4-2)7-11-22;1-3-4-5-6-10-8-7-9(2)11(13)12(10)14/h8-9,12-13,20,22,24-27H,3-7,10-11,14-19H2,1-2H3;3-4,7-8H,5-6H2,1-2H3/b;4-3+. The van der Waals surface area contributed by atoms with Crippen LogP contribution in [0.15, 0.2) is 48.6 Å². The molecule has 3 saturated carbocycles. The van der Waals surface area contributed by atoms with Crippen LogP contribution in [0.5, 0.6) is 0 Å². The summed E-state index contributed by atoms with van der Waals surface area (Å²) in [6.45, 7) is 8.15. The molecule has 0 amide bonds. The Bertz CT molecular complexity index is 1080. The number of hydrogen-bond acceptors (Lipinski definition) is 0. The van der Waals surface area contributed by atoms with Gasteiger partial charge >= 0.3 is 0 Å². The lowest BCUT2D eigenvalue weighted by atomic mass is 9.60. The Kier molecular flexibility index (Phi) is 12.5. The fraction of sp³-hybridized carbons (Fsp3) is 0.641. The van der Waals surface area contributed by atoms with E-state index >= 15 is 0 Å². The van der Waals surface area contributed by atoms with Gasteiger partial charge in [0.25, 0.3) is 0 Å². The Morgan fingerprint density at radius 2 is 1.34 bits per heavy atom. The van der Waals surface area contributed by atoms with E-state index in [0.29, 0.717) is 17.5 Å². The van der Waals surface area contributed by atoms with E-state index in [2.05, 4.69) is 38.1 Å². The second-order valence-electron chi connectivity index (χ2n) is 13.6. The molecule has 5 rings (SSSR count). The summed E-state index contributed by atoms with van der Waals surface area (Å²) in [5.74, 6) is 4.73. The molecule has 41 heavy (non-hydrogen) atoms. The summed E-state index contributed by atoms with van der Waals surface area (Å²) in [5.41, 5.74) is 3.96. The van der Waals surface area contributed by atoms with Crippen LogP contribution in [-0.2, 0) is 12.8 Å². The summed E-state index contributed by atoms with van der Waals surface area (Å²) >= 11 is 0. The van der Waals surface area contributed by atoms with Crippen LogP contribution >= 0.6 is 0 Å². The van der Waals surface area contributed by atoms with Crippen LogP contribution in [0, 0.1) is 48.1 Å². The van der Waals surface area contributed by atoms with Crippen LogP contribution in [0.2, 0.25) is 0 Å². The lowest BCUT2D eigenvalue weighted by Gasteiger charge is -2.45. The Labute approximate surface area is 250 Å². The van der Waals surface area contributed by atoms with Gasteiger partial charge in [0.15, 0.2) is 11.6 Å². The molecule has 2 aromatic rings. The van der Waals surface area contributed by atoms with Gasteiger partial charge in [0.2, 0.25) is 0 Å². The van der Waals surface area contributed by atoms with Gasteiger partial charge in [-0.25, -0.2) is 8.78 Å². The van der Waals surface area contributed by atoms with Gasteiger partial charge in [-0.3, -0.25) is 0 Å². The predicted molar refractivity (Wildman–Crippen MR) is 171 cm³/mol. The van der Waals surface area contributed by atoms with Crippen LogP contribution < -0.4 is 0 Å². The quantitative estimate of drug-likeness (QED) is 0.281. The summed E-state index contributed by atoms with van der Waals surface area (Å²) in [6.07, 6.45) is 24.3. The van der Waals surface area contributed by atoms with Gasteiger partial charge in [-0.05, 0) is 142 Å². The minimum Gasteiger partial charge on any atom is -0.203 e. The molecular formula is C39H56F2. The lowest BCUT2D eigenvalue weighted by molar-refractivity contribution is 0.0716. The van der Waals surface area contributed by atoms with E-state index in [1.54, 1.807) is 50.3 Å². The molecule has 226 valence electrons. The molecule has 3 fully saturated rings. The number of hydrogen-bond donors (Lipinski definition) is 0. The first kappa shape index (κ1) is 32.0. The van der Waals surface area contributed by atoms with Crippen LogP contribution in [0.1, 0.15) is 132 Å². The molecule has 0 radical (unpaired) electrons. The zero-order chi connectivity index (χ0) is 29.2. The minimum atomic E-state index is -0.719. The van der Waals surface area contributed by atoms with Crippen molar-refractivity contribution in [1.29, 1.82) is 0 Å². The average molecular weight is 563 g/mol. The molecule has 0 nitrogen and oxygen atoms in total. The Morgan fingerprint density at radius 1 is 0.707 bits per heavy atom. The fourth-order valence-electron chi connectivity index (χ4n) is 8.25. The van der Waals surface area contributed by atoms with Crippen molar-refractivity contribution in [2.45, 2.75) is 130 Å². The van der Waals surface area contributed by atoms with Crippen molar-refractivity contribution in [3.63, 3.8) is 0 Å². The molecule has 0 N–H and O–H groups in total. The van der Waals surface area contributed by atoms with Gasteiger partial charge in [-0.2, -0.15) is 0 Å². The number of fused-ring (bicyclic) bond motifs is 1. The first-order valence-electron chi connectivity index (χ1n) is 17.1. The van der Waals surface area contributed by atoms with E-state index < -0.39 is 11.6 Å². The van der Waals surface area contributed by atoms with Crippen LogP contribution in [0.25, 0.3) is 0 Å². The highest BCUT2D eigenvalue weighted by atomic mass is 19.2. The predicted octanol–water partition coefficient (Wildman–Crippen LogP) is 11.9. The zero-order valence-corrected chi connectivity index (χ0v) is 26.4. The molecule has 0 aromatic heterocycles. The monoisotopic (exact) mass is 562 g/mol. The second kappa shape index (κ2) is 16.0. The molecule has 2 heteroatoms. The highest BCUT2D eigenvalue weighted by Gasteiger charge is 2.38. The van der Waals surface area contributed by atoms with E-state index in [1.807, 2.05) is 19.1 Å². The van der Waals surface area contributed by atoms with Gasteiger partial charge < -0.3 is 0 Å². The van der Waals surface area contributed by atoms with E-state index in [4.69, 9.17) is 0 Å². The Balaban J connectivity index is 0.000000234. The molecule has 0 saturated heterocycles. The Morgan fingerprint density at radius 3 is 2.00 bits per heavy atom. The third-order valence-electron chi connectivity index (χ3n) is 11.0. The maximum absolute atomic E-state index is 13.3. The number of halogens is 2. The van der Waals surface area contributed by atoms with E-state index in [-0.39, 0.29) is 0 Å². The van der Waals surface area contributed by atoms with Gasteiger partial charge in [-0.15, -0.1) is 0 Å². The van der Waals surface area contributed by atoms with Crippen molar-refractivity contribution >= 4 is 0 Å². The van der Waals surface area contributed by atoms with Gasteiger partial charge in [0.05, 0.1) is 0 Å². The van der Waals surface area contributed by atoms with Crippen molar-refractivity contribution in [3.8, 4) is 0 Å². The summed E-state index contributed by atoms with van der Waals surface area (Å²) in [5, 5.41) is 0. The van der Waals surface area contributed by atoms with Crippen molar-refractivity contribution in [1.82, 2.24) is 0 Å². The van der Waals surface area contributed by atoms with Gasteiger partial charge in [-0.1, -0.05) is 88.1 Å². The molecule has 4 atom stereocenters. The van der Waals surface area contributed by atoms with Crippen molar-refractivity contribution in [3.05, 3.63) is 82.4 Å². The van der Waals surface area contributed by atoms with E-state index in [9.17, 15) is 8.78 Å². The number of allylic oxidation sites excluding steroid dienone is 2. The third-order valence-corrected chi connectivity index (χ3v) is 11.0. The molecule has 0 heterocycles. The fourth-order valence-corrected chi connectivity index (χ4v) is 8.25. The molecular weight excluding hydrogens is 506 g/mol. The van der Waals surface area contributed by atoms with Crippen LogP contribution in [0.4, 0.5) is 8.78 Å². The molecule has 2 aromatic carbocycles. The Hall–Kier alpha value is -1.96. The molecule has 0 bridgehead atoms. The molecule has 0 aliphatic heterocycles.